The first-order valence-corrected chi connectivity index (χ1v) is 6.47. The molecule has 0 aromatic heterocycles. The van der Waals surface area contributed by atoms with E-state index < -0.39 is 17.6 Å². The Bertz CT molecular complexity index is 523. The van der Waals surface area contributed by atoms with Crippen molar-refractivity contribution in [3.63, 3.8) is 0 Å². The van der Waals surface area contributed by atoms with Gasteiger partial charge in [0.1, 0.15) is 0 Å². The first kappa shape index (κ1) is 14.8. The zero-order chi connectivity index (χ0) is 14.9. The summed E-state index contributed by atoms with van der Waals surface area (Å²) in [6.45, 7) is 0. The highest BCUT2D eigenvalue weighted by Crippen LogP contribution is 2.33. The molecule has 1 aliphatic rings. The van der Waals surface area contributed by atoms with Crippen LogP contribution in [-0.2, 0) is 6.18 Å². The first-order chi connectivity index (χ1) is 9.29. The third kappa shape index (κ3) is 3.47. The van der Waals surface area contributed by atoms with E-state index in [0.29, 0.717) is 0 Å². The molecule has 1 fully saturated rings. The lowest BCUT2D eigenvalue weighted by molar-refractivity contribution is -0.137. The van der Waals surface area contributed by atoms with Gasteiger partial charge >= 0.3 is 6.18 Å². The van der Waals surface area contributed by atoms with Gasteiger partial charge in [0, 0.05) is 5.56 Å². The van der Waals surface area contributed by atoms with E-state index >= 15 is 0 Å². The van der Waals surface area contributed by atoms with Crippen molar-refractivity contribution in [1.82, 2.24) is 5.32 Å². The van der Waals surface area contributed by atoms with Gasteiger partial charge in [-0.3, -0.25) is 4.79 Å². The van der Waals surface area contributed by atoms with E-state index in [1.807, 2.05) is 0 Å². The van der Waals surface area contributed by atoms with E-state index in [-0.39, 0.29) is 22.5 Å². The van der Waals surface area contributed by atoms with Crippen molar-refractivity contribution in [2.24, 2.45) is 11.7 Å². The van der Waals surface area contributed by atoms with Crippen molar-refractivity contribution in [3.8, 4) is 0 Å². The molecule has 1 saturated carbocycles. The maximum atomic E-state index is 12.4. The van der Waals surface area contributed by atoms with Gasteiger partial charge in [-0.25, -0.2) is 0 Å². The minimum Gasteiger partial charge on any atom is -0.392 e. The molecule has 1 aromatic carbocycles. The quantitative estimate of drug-likeness (QED) is 0.840. The average molecular weight is 302 g/mol. The average Bonchev–Trinajstić information content (AvgIpc) is 3.18. The van der Waals surface area contributed by atoms with E-state index in [2.05, 4.69) is 5.32 Å². The van der Waals surface area contributed by atoms with E-state index in [1.54, 1.807) is 0 Å². The third-order valence-electron chi connectivity index (χ3n) is 3.16. The Morgan fingerprint density at radius 3 is 2.25 bits per heavy atom. The van der Waals surface area contributed by atoms with Crippen molar-refractivity contribution in [2.45, 2.75) is 25.1 Å². The smallest absolute Gasteiger partial charge is 0.392 e. The normalized spacial score (nSPS) is 16.6. The predicted octanol–water partition coefficient (Wildman–Crippen LogP) is 2.50. The van der Waals surface area contributed by atoms with Gasteiger partial charge in [-0.1, -0.05) is 12.2 Å². The van der Waals surface area contributed by atoms with E-state index in [1.165, 1.54) is 0 Å². The Labute approximate surface area is 119 Å². The van der Waals surface area contributed by atoms with E-state index in [0.717, 1.165) is 37.1 Å². The number of rotatable bonds is 4. The highest BCUT2D eigenvalue weighted by atomic mass is 32.1. The fourth-order valence-corrected chi connectivity index (χ4v) is 2.14. The fourth-order valence-electron chi connectivity index (χ4n) is 1.89. The number of alkyl halides is 3. The standard InChI is InChI=1S/C13H13F3N2OS/c14-13(15,16)9-5-3-8(4-6-9)12(19)18-10(11(17)20)7-1-2-7/h3-7,10H,1-2H2,(H2,17,20)(H,18,19). The van der Waals surface area contributed by atoms with Crippen LogP contribution in [0.3, 0.4) is 0 Å². The number of hydrogen-bond acceptors (Lipinski definition) is 2. The van der Waals surface area contributed by atoms with Crippen LogP contribution in [0, 0.1) is 5.92 Å². The molecule has 0 saturated heterocycles. The van der Waals surface area contributed by atoms with Gasteiger partial charge in [0.2, 0.25) is 0 Å². The van der Waals surface area contributed by atoms with Crippen LogP contribution in [0.15, 0.2) is 24.3 Å². The summed E-state index contributed by atoms with van der Waals surface area (Å²) in [5.74, 6) is -0.227. The number of nitrogens with two attached hydrogens (primary N) is 1. The number of thiocarbonyl (C=S) groups is 1. The first-order valence-electron chi connectivity index (χ1n) is 6.06. The second-order valence-corrected chi connectivity index (χ2v) is 5.24. The number of benzene rings is 1. The lowest BCUT2D eigenvalue weighted by atomic mass is 10.1. The molecule has 0 radical (unpaired) electrons. The van der Waals surface area contributed by atoms with Gasteiger partial charge in [-0.05, 0) is 43.0 Å². The Hall–Kier alpha value is -1.63. The van der Waals surface area contributed by atoms with Crippen LogP contribution in [0.1, 0.15) is 28.8 Å². The summed E-state index contributed by atoms with van der Waals surface area (Å²) in [6, 6.07) is 3.65. The van der Waals surface area contributed by atoms with Gasteiger partial charge in [-0.15, -0.1) is 0 Å². The van der Waals surface area contributed by atoms with Gasteiger partial charge in [0.15, 0.2) is 0 Å². The Balaban J connectivity index is 2.07. The molecule has 1 atom stereocenters. The largest absolute Gasteiger partial charge is 0.416 e. The molecule has 0 spiro atoms. The minimum absolute atomic E-state index is 0.153. The van der Waals surface area contributed by atoms with Crippen LogP contribution >= 0.6 is 12.2 Å². The van der Waals surface area contributed by atoms with Gasteiger partial charge < -0.3 is 11.1 Å². The number of carbonyl (C=O) groups is 1. The third-order valence-corrected chi connectivity index (χ3v) is 3.41. The summed E-state index contributed by atoms with van der Waals surface area (Å²) in [7, 11) is 0. The molecule has 1 unspecified atom stereocenters. The molecular weight excluding hydrogens is 289 g/mol. The number of amides is 1. The van der Waals surface area contributed by atoms with Crippen molar-refractivity contribution >= 4 is 23.1 Å². The molecule has 20 heavy (non-hydrogen) atoms. The van der Waals surface area contributed by atoms with Crippen LogP contribution in [0.25, 0.3) is 0 Å². The Morgan fingerprint density at radius 1 is 1.30 bits per heavy atom. The molecule has 0 bridgehead atoms. The van der Waals surface area contributed by atoms with Gasteiger partial charge in [-0.2, -0.15) is 13.2 Å². The van der Waals surface area contributed by atoms with E-state index in [4.69, 9.17) is 18.0 Å². The summed E-state index contributed by atoms with van der Waals surface area (Å²) in [6.07, 6.45) is -2.53. The highest BCUT2D eigenvalue weighted by Gasteiger charge is 2.34. The lowest BCUT2D eigenvalue weighted by Crippen LogP contribution is -2.45. The van der Waals surface area contributed by atoms with Crippen LogP contribution in [0.2, 0.25) is 0 Å². The van der Waals surface area contributed by atoms with Crippen LogP contribution in [-0.4, -0.2) is 16.9 Å². The summed E-state index contributed by atoms with van der Waals surface area (Å²) in [5, 5.41) is 2.67. The van der Waals surface area contributed by atoms with Gasteiger partial charge in [0.05, 0.1) is 16.6 Å². The summed E-state index contributed by atoms with van der Waals surface area (Å²) in [4.78, 5) is 12.1. The molecule has 0 heterocycles. The number of hydrogen-bond donors (Lipinski definition) is 2. The van der Waals surface area contributed by atoms with E-state index in [9.17, 15) is 18.0 Å². The Kier molecular flexibility index (Phi) is 3.99. The molecule has 1 aromatic rings. The van der Waals surface area contributed by atoms with Crippen LogP contribution in [0.5, 0.6) is 0 Å². The van der Waals surface area contributed by atoms with Crippen molar-refractivity contribution < 1.29 is 18.0 Å². The Morgan fingerprint density at radius 2 is 1.85 bits per heavy atom. The van der Waals surface area contributed by atoms with Crippen molar-refractivity contribution in [2.75, 3.05) is 0 Å². The van der Waals surface area contributed by atoms with Crippen molar-refractivity contribution in [3.05, 3.63) is 35.4 Å². The van der Waals surface area contributed by atoms with Crippen molar-refractivity contribution in [1.29, 1.82) is 0 Å². The molecule has 2 rings (SSSR count). The zero-order valence-electron chi connectivity index (χ0n) is 10.4. The summed E-state index contributed by atoms with van der Waals surface area (Å²) >= 11 is 4.89. The maximum Gasteiger partial charge on any atom is 0.416 e. The molecule has 1 aliphatic carbocycles. The lowest BCUT2D eigenvalue weighted by Gasteiger charge is -2.17. The minimum atomic E-state index is -4.41. The molecule has 0 aliphatic heterocycles. The predicted molar refractivity (Wildman–Crippen MR) is 72.2 cm³/mol. The molecule has 108 valence electrons. The van der Waals surface area contributed by atoms with Crippen LogP contribution < -0.4 is 11.1 Å². The van der Waals surface area contributed by atoms with Crippen LogP contribution in [0.4, 0.5) is 13.2 Å². The molecule has 3 nitrogen and oxygen atoms in total. The highest BCUT2D eigenvalue weighted by molar-refractivity contribution is 7.80. The molecule has 3 N–H and O–H groups in total. The summed E-state index contributed by atoms with van der Waals surface area (Å²) in [5.41, 5.74) is 4.92. The monoisotopic (exact) mass is 302 g/mol. The topological polar surface area (TPSA) is 55.1 Å². The zero-order valence-corrected chi connectivity index (χ0v) is 11.2. The number of halogens is 3. The summed E-state index contributed by atoms with van der Waals surface area (Å²) < 4.78 is 37.2. The van der Waals surface area contributed by atoms with Gasteiger partial charge in [0.25, 0.3) is 5.91 Å². The number of nitrogens with one attached hydrogen (secondary N) is 1. The maximum absolute atomic E-state index is 12.4. The second kappa shape index (κ2) is 5.40. The SMILES string of the molecule is NC(=S)C(NC(=O)c1ccc(C(F)(F)F)cc1)C1CC1. The molecular formula is C13H13F3N2OS. The number of carbonyl (C=O) groups excluding carboxylic acids is 1. The molecule has 7 heteroatoms. The fraction of sp³-hybridized carbons (Fsp3) is 0.385. The molecule has 1 amide bonds. The second-order valence-electron chi connectivity index (χ2n) is 4.77.